The molecule has 6 heteroatoms. The lowest BCUT2D eigenvalue weighted by molar-refractivity contribution is 0.551. The molecule has 0 amide bonds. The normalized spacial score (nSPS) is 10.4. The predicted octanol–water partition coefficient (Wildman–Crippen LogP) is 1.13. The zero-order valence-corrected chi connectivity index (χ0v) is 6.98. The van der Waals surface area contributed by atoms with E-state index in [0.717, 1.165) is 16.9 Å². The second-order valence-electron chi connectivity index (χ2n) is 2.64. The third-order valence-corrected chi connectivity index (χ3v) is 1.66. The maximum absolute atomic E-state index is 13.1. The van der Waals surface area contributed by atoms with Gasteiger partial charge in [-0.2, -0.15) is 9.49 Å². The number of hydrogen-bond donors (Lipinski definition) is 1. The van der Waals surface area contributed by atoms with Crippen LogP contribution in [0.15, 0.2) is 24.5 Å². The van der Waals surface area contributed by atoms with E-state index in [0.29, 0.717) is 0 Å². The van der Waals surface area contributed by atoms with Gasteiger partial charge in [0.05, 0.1) is 6.20 Å². The van der Waals surface area contributed by atoms with E-state index in [1.807, 2.05) is 0 Å². The van der Waals surface area contributed by atoms with Crippen molar-refractivity contribution in [3.63, 3.8) is 0 Å². The quantitative estimate of drug-likeness (QED) is 0.695. The lowest BCUT2D eigenvalue weighted by Crippen LogP contribution is -2.01. The van der Waals surface area contributed by atoms with Crippen molar-refractivity contribution >= 4 is 5.82 Å². The van der Waals surface area contributed by atoms with Crippen molar-refractivity contribution in [3.8, 4) is 5.69 Å². The minimum atomic E-state index is -0.768. The minimum absolute atomic E-state index is 0.0193. The van der Waals surface area contributed by atoms with Crippen molar-refractivity contribution in [2.24, 2.45) is 0 Å². The third kappa shape index (κ3) is 1.41. The van der Waals surface area contributed by atoms with E-state index in [2.05, 4.69) is 10.1 Å². The van der Waals surface area contributed by atoms with Gasteiger partial charge < -0.3 is 5.73 Å². The van der Waals surface area contributed by atoms with Gasteiger partial charge >= 0.3 is 0 Å². The Labute approximate surface area is 78.0 Å². The van der Waals surface area contributed by atoms with E-state index in [9.17, 15) is 8.78 Å². The molecule has 0 bridgehead atoms. The first-order valence-corrected chi connectivity index (χ1v) is 3.79. The van der Waals surface area contributed by atoms with E-state index < -0.39 is 11.8 Å². The Kier molecular flexibility index (Phi) is 1.88. The molecule has 0 fully saturated rings. The molecule has 0 atom stereocenters. The largest absolute Gasteiger partial charge is 0.382 e. The van der Waals surface area contributed by atoms with E-state index in [1.165, 1.54) is 12.3 Å². The van der Waals surface area contributed by atoms with E-state index >= 15 is 0 Å². The number of aromatic nitrogens is 3. The molecule has 0 saturated carbocycles. The van der Waals surface area contributed by atoms with Crippen LogP contribution in [0.5, 0.6) is 0 Å². The number of halogens is 2. The Morgan fingerprint density at radius 3 is 2.79 bits per heavy atom. The highest BCUT2D eigenvalue weighted by Crippen LogP contribution is 2.12. The number of pyridine rings is 1. The number of nitrogens with two attached hydrogens (primary N) is 1. The molecule has 0 saturated heterocycles. The first-order chi connectivity index (χ1) is 6.66. The molecule has 0 spiro atoms. The molecule has 2 aromatic rings. The summed E-state index contributed by atoms with van der Waals surface area (Å²) in [7, 11) is 0. The molecule has 14 heavy (non-hydrogen) atoms. The second kappa shape index (κ2) is 3.06. The molecule has 72 valence electrons. The molecule has 0 aliphatic carbocycles. The molecular weight excluding hydrogens is 190 g/mol. The molecule has 0 aromatic carbocycles. The lowest BCUT2D eigenvalue weighted by atomic mass is 10.4. The van der Waals surface area contributed by atoms with Gasteiger partial charge in [0.1, 0.15) is 11.5 Å². The SMILES string of the molecule is Nc1ccn(-c2cc(F)ncc2F)n1. The fraction of sp³-hybridized carbons (Fsp3) is 0. The second-order valence-corrected chi connectivity index (χ2v) is 2.64. The molecule has 2 aromatic heterocycles. The number of nitrogen functional groups attached to an aromatic ring is 1. The van der Waals surface area contributed by atoms with E-state index in [-0.39, 0.29) is 11.5 Å². The summed E-state index contributed by atoms with van der Waals surface area (Å²) in [6, 6.07) is 2.43. The van der Waals surface area contributed by atoms with Gasteiger partial charge in [-0.25, -0.2) is 14.1 Å². The van der Waals surface area contributed by atoms with Gasteiger partial charge in [-0.3, -0.25) is 0 Å². The molecule has 0 aliphatic heterocycles. The van der Waals surface area contributed by atoms with Crippen molar-refractivity contribution in [1.82, 2.24) is 14.8 Å². The Morgan fingerprint density at radius 2 is 2.14 bits per heavy atom. The summed E-state index contributed by atoms with van der Waals surface area (Å²) in [5, 5.41) is 3.74. The molecule has 2 rings (SSSR count). The Bertz CT molecular complexity index is 466. The van der Waals surface area contributed by atoms with Gasteiger partial charge in [-0.05, 0) is 0 Å². The van der Waals surface area contributed by atoms with Gasteiger partial charge in [-0.1, -0.05) is 0 Å². The van der Waals surface area contributed by atoms with Crippen LogP contribution in [-0.2, 0) is 0 Å². The fourth-order valence-electron chi connectivity index (χ4n) is 1.05. The summed E-state index contributed by atoms with van der Waals surface area (Å²) in [6.07, 6.45) is 2.23. The van der Waals surface area contributed by atoms with Crippen LogP contribution in [0.4, 0.5) is 14.6 Å². The van der Waals surface area contributed by atoms with E-state index in [1.54, 1.807) is 0 Å². The highest BCUT2D eigenvalue weighted by Gasteiger charge is 2.07. The molecular formula is C8H6F2N4. The highest BCUT2D eigenvalue weighted by atomic mass is 19.1. The average molecular weight is 196 g/mol. The van der Waals surface area contributed by atoms with Crippen LogP contribution >= 0.6 is 0 Å². The smallest absolute Gasteiger partial charge is 0.215 e. The lowest BCUT2D eigenvalue weighted by Gasteiger charge is -2.01. The minimum Gasteiger partial charge on any atom is -0.382 e. The van der Waals surface area contributed by atoms with Gasteiger partial charge in [0.2, 0.25) is 5.95 Å². The predicted molar refractivity (Wildman–Crippen MR) is 45.7 cm³/mol. The molecule has 0 unspecified atom stereocenters. The Hall–Kier alpha value is -1.98. The highest BCUT2D eigenvalue weighted by molar-refractivity contribution is 5.34. The first-order valence-electron chi connectivity index (χ1n) is 3.79. The Balaban J connectivity index is 2.55. The van der Waals surface area contributed by atoms with Crippen LogP contribution < -0.4 is 5.73 Å². The maximum Gasteiger partial charge on any atom is 0.215 e. The summed E-state index contributed by atoms with van der Waals surface area (Å²) >= 11 is 0. The van der Waals surface area contributed by atoms with Crippen LogP contribution in [-0.4, -0.2) is 14.8 Å². The number of nitrogens with zero attached hydrogens (tertiary/aromatic N) is 3. The zero-order chi connectivity index (χ0) is 10.1. The summed E-state index contributed by atoms with van der Waals surface area (Å²) < 4.78 is 27.0. The summed E-state index contributed by atoms with van der Waals surface area (Å²) in [6.45, 7) is 0. The van der Waals surface area contributed by atoms with Gasteiger partial charge in [-0.15, -0.1) is 0 Å². The summed E-state index contributed by atoms with van der Waals surface area (Å²) in [4.78, 5) is 3.16. The van der Waals surface area contributed by atoms with Crippen LogP contribution in [0, 0.1) is 11.8 Å². The topological polar surface area (TPSA) is 56.7 Å². The zero-order valence-electron chi connectivity index (χ0n) is 6.98. The molecule has 0 aliphatic rings. The average Bonchev–Trinajstić information content (AvgIpc) is 2.56. The van der Waals surface area contributed by atoms with Crippen LogP contribution in [0.3, 0.4) is 0 Å². The van der Waals surface area contributed by atoms with Crippen molar-refractivity contribution in [1.29, 1.82) is 0 Å². The van der Waals surface area contributed by atoms with Crippen LogP contribution in [0.25, 0.3) is 5.69 Å². The van der Waals surface area contributed by atoms with Crippen molar-refractivity contribution in [2.75, 3.05) is 5.73 Å². The van der Waals surface area contributed by atoms with Crippen molar-refractivity contribution in [3.05, 3.63) is 36.3 Å². The third-order valence-electron chi connectivity index (χ3n) is 1.66. The van der Waals surface area contributed by atoms with Gasteiger partial charge in [0.25, 0.3) is 0 Å². The van der Waals surface area contributed by atoms with Gasteiger partial charge in [0.15, 0.2) is 5.82 Å². The number of hydrogen-bond acceptors (Lipinski definition) is 3. The van der Waals surface area contributed by atoms with Gasteiger partial charge in [0, 0.05) is 18.3 Å². The number of rotatable bonds is 1. The Morgan fingerprint density at radius 1 is 1.36 bits per heavy atom. The standard InChI is InChI=1S/C8H6F2N4/c9-5-4-12-7(10)3-6(5)14-2-1-8(11)13-14/h1-4H,(H2,11,13). The van der Waals surface area contributed by atoms with Crippen molar-refractivity contribution < 1.29 is 8.78 Å². The maximum atomic E-state index is 13.1. The fourth-order valence-corrected chi connectivity index (χ4v) is 1.05. The summed E-state index contributed by atoms with van der Waals surface area (Å²) in [5.74, 6) is -1.19. The number of anilines is 1. The van der Waals surface area contributed by atoms with Crippen LogP contribution in [0.2, 0.25) is 0 Å². The van der Waals surface area contributed by atoms with Crippen molar-refractivity contribution in [2.45, 2.75) is 0 Å². The molecule has 2 heterocycles. The molecule has 2 N–H and O–H groups in total. The van der Waals surface area contributed by atoms with E-state index in [4.69, 9.17) is 5.73 Å². The molecule has 4 nitrogen and oxygen atoms in total. The van der Waals surface area contributed by atoms with Crippen LogP contribution in [0.1, 0.15) is 0 Å². The monoisotopic (exact) mass is 196 g/mol. The first kappa shape index (κ1) is 8.61. The molecule has 0 radical (unpaired) electrons. The summed E-state index contributed by atoms with van der Waals surface area (Å²) in [5.41, 5.74) is 5.32.